The molecule has 2 heterocycles. The molecule has 0 fully saturated rings. The van der Waals surface area contributed by atoms with E-state index in [1.165, 1.54) is 5.56 Å². The van der Waals surface area contributed by atoms with Crippen LogP contribution in [-0.4, -0.2) is 27.3 Å². The molecule has 0 unspecified atom stereocenters. The third-order valence-corrected chi connectivity index (χ3v) is 5.36. The third kappa shape index (κ3) is 4.70. The molecule has 6 nitrogen and oxygen atoms in total. The predicted octanol–water partition coefficient (Wildman–Crippen LogP) is 4.67. The summed E-state index contributed by atoms with van der Waals surface area (Å²) in [7, 11) is 0. The fourth-order valence-corrected chi connectivity index (χ4v) is 3.77. The van der Waals surface area contributed by atoms with E-state index < -0.39 is 0 Å². The van der Waals surface area contributed by atoms with Crippen molar-refractivity contribution in [2.24, 2.45) is 0 Å². The van der Waals surface area contributed by atoms with Gasteiger partial charge in [0.2, 0.25) is 0 Å². The summed E-state index contributed by atoms with van der Waals surface area (Å²) in [5, 5.41) is 13.1. The Balaban J connectivity index is 1.32. The van der Waals surface area contributed by atoms with Crippen molar-refractivity contribution in [1.82, 2.24) is 20.1 Å². The number of hydrogen-bond acceptors (Lipinski definition) is 4. The van der Waals surface area contributed by atoms with Gasteiger partial charge < -0.3 is 10.6 Å². The van der Waals surface area contributed by atoms with Crippen molar-refractivity contribution >= 4 is 23.1 Å². The number of carbonyl (C=O) groups is 1. The van der Waals surface area contributed by atoms with Crippen molar-refractivity contribution in [2.45, 2.75) is 13.3 Å². The quantitative estimate of drug-likeness (QED) is 0.491. The largest absolute Gasteiger partial charge is 0.337 e. The Bertz CT molecular complexity index is 1090. The van der Waals surface area contributed by atoms with Crippen molar-refractivity contribution < 1.29 is 4.79 Å². The van der Waals surface area contributed by atoms with E-state index in [0.29, 0.717) is 18.7 Å². The van der Waals surface area contributed by atoms with Crippen LogP contribution in [0.15, 0.2) is 72.4 Å². The molecule has 4 aromatic rings. The van der Waals surface area contributed by atoms with Gasteiger partial charge in [0.1, 0.15) is 5.01 Å². The zero-order valence-corrected chi connectivity index (χ0v) is 16.8. The van der Waals surface area contributed by atoms with Gasteiger partial charge in [0.15, 0.2) is 0 Å². The Labute approximate surface area is 173 Å². The molecular weight excluding hydrogens is 382 g/mol. The number of nitrogens with one attached hydrogen (secondary N) is 2. The fraction of sp³-hybridized carbons (Fsp3) is 0.136. The predicted molar refractivity (Wildman–Crippen MR) is 117 cm³/mol. The molecule has 29 heavy (non-hydrogen) atoms. The van der Waals surface area contributed by atoms with E-state index in [1.807, 2.05) is 41.9 Å². The van der Waals surface area contributed by atoms with Gasteiger partial charge in [-0.15, -0.1) is 11.3 Å². The molecule has 0 radical (unpaired) electrons. The number of aryl methyl sites for hydroxylation is 1. The molecule has 2 N–H and O–H groups in total. The van der Waals surface area contributed by atoms with Crippen LogP contribution in [0.1, 0.15) is 11.3 Å². The van der Waals surface area contributed by atoms with E-state index in [9.17, 15) is 4.79 Å². The highest BCUT2D eigenvalue weighted by Crippen LogP contribution is 2.24. The number of urea groups is 1. The molecule has 0 atom stereocenters. The second-order valence-electron chi connectivity index (χ2n) is 6.61. The van der Waals surface area contributed by atoms with Crippen LogP contribution in [0.2, 0.25) is 0 Å². The van der Waals surface area contributed by atoms with Crippen molar-refractivity contribution in [3.8, 4) is 16.3 Å². The molecule has 0 saturated carbocycles. The Morgan fingerprint density at radius 1 is 1.10 bits per heavy atom. The molecular formula is C22H21N5OS. The summed E-state index contributed by atoms with van der Waals surface area (Å²) in [5.41, 5.74) is 4.84. The van der Waals surface area contributed by atoms with Crippen molar-refractivity contribution in [3.63, 3.8) is 0 Å². The smallest absolute Gasteiger partial charge is 0.319 e. The lowest BCUT2D eigenvalue weighted by Gasteiger charge is -2.11. The van der Waals surface area contributed by atoms with E-state index in [4.69, 9.17) is 0 Å². The van der Waals surface area contributed by atoms with Crippen molar-refractivity contribution in [3.05, 3.63) is 83.6 Å². The van der Waals surface area contributed by atoms with Crippen LogP contribution < -0.4 is 10.6 Å². The second-order valence-corrected chi connectivity index (χ2v) is 7.47. The maximum atomic E-state index is 12.3. The summed E-state index contributed by atoms with van der Waals surface area (Å²) in [5.74, 6) is 0. The van der Waals surface area contributed by atoms with E-state index >= 15 is 0 Å². The summed E-state index contributed by atoms with van der Waals surface area (Å²) >= 11 is 1.62. The molecule has 0 bridgehead atoms. The number of rotatable bonds is 6. The molecule has 0 aliphatic rings. The number of aromatic nitrogens is 3. The summed E-state index contributed by atoms with van der Waals surface area (Å²) in [6, 6.07) is 17.5. The molecule has 7 heteroatoms. The number of thiazole rings is 1. The number of carbonyl (C=O) groups excluding carboxylic acids is 1. The monoisotopic (exact) mass is 403 g/mol. The first-order valence-corrected chi connectivity index (χ1v) is 10.2. The Morgan fingerprint density at radius 3 is 2.72 bits per heavy atom. The SMILES string of the molecule is Cc1ccc(-c2nc(CCNC(=O)Nc3ccccc3-n3cccn3)cs2)cc1. The third-order valence-electron chi connectivity index (χ3n) is 4.42. The highest BCUT2D eigenvalue weighted by Gasteiger charge is 2.09. The molecule has 2 aromatic heterocycles. The van der Waals surface area contributed by atoms with Crippen LogP contribution in [0.5, 0.6) is 0 Å². The highest BCUT2D eigenvalue weighted by atomic mass is 32.1. The van der Waals surface area contributed by atoms with Crippen LogP contribution in [-0.2, 0) is 6.42 Å². The summed E-state index contributed by atoms with van der Waals surface area (Å²) < 4.78 is 1.72. The van der Waals surface area contributed by atoms with E-state index in [2.05, 4.69) is 51.9 Å². The average Bonchev–Trinajstić information content (AvgIpc) is 3.41. The van der Waals surface area contributed by atoms with Gasteiger partial charge in [0.25, 0.3) is 0 Å². The Hall–Kier alpha value is -3.45. The Kier molecular flexibility index (Phi) is 5.67. The summed E-state index contributed by atoms with van der Waals surface area (Å²) in [4.78, 5) is 17.0. The minimum atomic E-state index is -0.251. The fourth-order valence-electron chi connectivity index (χ4n) is 2.91. The molecule has 0 aliphatic heterocycles. The first kappa shape index (κ1) is 18.9. The normalized spacial score (nSPS) is 10.7. The van der Waals surface area contributed by atoms with E-state index in [1.54, 1.807) is 22.2 Å². The number of amides is 2. The number of benzene rings is 2. The van der Waals surface area contributed by atoms with Crippen molar-refractivity contribution in [1.29, 1.82) is 0 Å². The van der Waals surface area contributed by atoms with Crippen LogP contribution in [0.4, 0.5) is 10.5 Å². The van der Waals surface area contributed by atoms with Gasteiger partial charge in [-0.2, -0.15) is 5.10 Å². The van der Waals surface area contributed by atoms with Crippen molar-refractivity contribution in [2.75, 3.05) is 11.9 Å². The topological polar surface area (TPSA) is 71.8 Å². The lowest BCUT2D eigenvalue weighted by atomic mass is 10.2. The minimum Gasteiger partial charge on any atom is -0.337 e. The summed E-state index contributed by atoms with van der Waals surface area (Å²) in [6.07, 6.45) is 4.22. The van der Waals surface area contributed by atoms with Gasteiger partial charge in [-0.25, -0.2) is 14.5 Å². The first-order chi connectivity index (χ1) is 14.2. The molecule has 0 aliphatic carbocycles. The molecule has 146 valence electrons. The van der Waals surface area contributed by atoms with Crippen LogP contribution >= 0.6 is 11.3 Å². The lowest BCUT2D eigenvalue weighted by molar-refractivity contribution is 0.252. The average molecular weight is 404 g/mol. The Morgan fingerprint density at radius 2 is 1.93 bits per heavy atom. The van der Waals surface area contributed by atoms with Gasteiger partial charge >= 0.3 is 6.03 Å². The molecule has 0 saturated heterocycles. The standard InChI is InChI=1S/C22H21N5OS/c1-16-7-9-17(10-8-16)21-25-18(15-29-21)11-13-23-22(28)26-19-5-2-3-6-20(19)27-14-4-12-24-27/h2-10,12,14-15H,11,13H2,1H3,(H2,23,26,28). The number of para-hydroxylation sites is 2. The van der Waals surface area contributed by atoms with Gasteiger partial charge in [0.05, 0.1) is 17.1 Å². The van der Waals surface area contributed by atoms with Crippen LogP contribution in [0, 0.1) is 6.92 Å². The van der Waals surface area contributed by atoms with Gasteiger partial charge in [-0.1, -0.05) is 42.0 Å². The molecule has 4 rings (SSSR count). The molecule has 0 spiro atoms. The number of anilines is 1. The lowest BCUT2D eigenvalue weighted by Crippen LogP contribution is -2.30. The minimum absolute atomic E-state index is 0.251. The maximum absolute atomic E-state index is 12.3. The first-order valence-electron chi connectivity index (χ1n) is 9.34. The highest BCUT2D eigenvalue weighted by molar-refractivity contribution is 7.13. The molecule has 2 amide bonds. The zero-order valence-electron chi connectivity index (χ0n) is 16.0. The van der Waals surface area contributed by atoms with Gasteiger partial charge in [-0.05, 0) is 25.1 Å². The van der Waals surface area contributed by atoms with Gasteiger partial charge in [-0.3, -0.25) is 0 Å². The zero-order chi connectivity index (χ0) is 20.1. The number of nitrogens with zero attached hydrogens (tertiary/aromatic N) is 3. The number of hydrogen-bond donors (Lipinski definition) is 2. The molecule has 2 aromatic carbocycles. The van der Waals surface area contributed by atoms with E-state index in [0.717, 1.165) is 22.0 Å². The van der Waals surface area contributed by atoms with E-state index in [-0.39, 0.29) is 6.03 Å². The maximum Gasteiger partial charge on any atom is 0.319 e. The van der Waals surface area contributed by atoms with Gasteiger partial charge in [0, 0.05) is 36.3 Å². The van der Waals surface area contributed by atoms with Crippen LogP contribution in [0.3, 0.4) is 0 Å². The summed E-state index contributed by atoms with van der Waals surface area (Å²) in [6.45, 7) is 2.58. The second kappa shape index (κ2) is 8.70. The van der Waals surface area contributed by atoms with Crippen LogP contribution in [0.25, 0.3) is 16.3 Å².